The predicted octanol–water partition coefficient (Wildman–Crippen LogP) is 2.21. The monoisotopic (exact) mass is 224 g/mol. The molecule has 0 aliphatic heterocycles. The molecule has 0 saturated carbocycles. The summed E-state index contributed by atoms with van der Waals surface area (Å²) in [6.45, 7) is 0. The van der Waals surface area contributed by atoms with E-state index in [0.29, 0.717) is 29.2 Å². The molecule has 0 aliphatic carbocycles. The van der Waals surface area contributed by atoms with Gasteiger partial charge < -0.3 is 4.42 Å². The summed E-state index contributed by atoms with van der Waals surface area (Å²) < 4.78 is 5.33. The third-order valence-electron chi connectivity index (χ3n) is 1.95. The lowest BCUT2D eigenvalue weighted by Crippen LogP contribution is -1.86. The average molecular weight is 224 g/mol. The molecule has 0 N–H and O–H groups in total. The van der Waals surface area contributed by atoms with Crippen molar-refractivity contribution in [2.24, 2.45) is 0 Å². The van der Waals surface area contributed by atoms with Crippen molar-refractivity contribution in [1.82, 2.24) is 4.98 Å². The summed E-state index contributed by atoms with van der Waals surface area (Å²) in [6, 6.07) is 4.37. The maximum Gasteiger partial charge on any atom is 0.273 e. The minimum Gasteiger partial charge on any atom is -0.440 e. The molecule has 1 aromatic carbocycles. The first-order chi connectivity index (χ1) is 7.20. The van der Waals surface area contributed by atoms with Gasteiger partial charge in [0.15, 0.2) is 11.5 Å². The molecule has 0 amide bonds. The van der Waals surface area contributed by atoms with Crippen molar-refractivity contribution < 1.29 is 9.34 Å². The summed E-state index contributed by atoms with van der Waals surface area (Å²) in [7, 11) is 0. The Bertz CT molecular complexity index is 509. The van der Waals surface area contributed by atoms with Gasteiger partial charge in [0.2, 0.25) is 0 Å². The number of benzene rings is 1. The van der Waals surface area contributed by atoms with Gasteiger partial charge in [-0.1, -0.05) is 0 Å². The number of oxazole rings is 1. The van der Waals surface area contributed by atoms with Crippen LogP contribution in [0.15, 0.2) is 22.6 Å². The van der Waals surface area contributed by atoms with Crippen LogP contribution in [0.2, 0.25) is 0 Å². The summed E-state index contributed by atoms with van der Waals surface area (Å²) in [5, 5.41) is 10.5. The lowest BCUT2D eigenvalue weighted by Gasteiger charge is -1.88. The molecule has 0 unspecified atom stereocenters. The molecule has 0 aliphatic rings. The molecule has 0 spiro atoms. The fourth-order valence-electron chi connectivity index (χ4n) is 1.28. The Hall–Kier alpha value is -1.56. The van der Waals surface area contributed by atoms with Gasteiger partial charge in [0, 0.05) is 12.5 Å². The highest BCUT2D eigenvalue weighted by Crippen LogP contribution is 2.21. The SMILES string of the molecule is O=[N+]([O-])c1ccc2nc(CCS)oc2c1. The fourth-order valence-corrected chi connectivity index (χ4v) is 1.47. The number of aromatic nitrogens is 1. The zero-order valence-electron chi connectivity index (χ0n) is 7.71. The molecule has 2 rings (SSSR count). The van der Waals surface area contributed by atoms with Gasteiger partial charge in [-0.25, -0.2) is 4.98 Å². The molecule has 15 heavy (non-hydrogen) atoms. The highest BCUT2D eigenvalue weighted by atomic mass is 32.1. The molecule has 2 aromatic rings. The standard InChI is InChI=1S/C9H8N2O3S/c12-11(13)6-1-2-7-8(5-6)14-9(10-7)3-4-15/h1-2,5,15H,3-4H2. The van der Waals surface area contributed by atoms with Crippen LogP contribution >= 0.6 is 12.6 Å². The van der Waals surface area contributed by atoms with E-state index in [-0.39, 0.29) is 5.69 Å². The molecule has 78 valence electrons. The van der Waals surface area contributed by atoms with Crippen molar-refractivity contribution in [3.63, 3.8) is 0 Å². The third kappa shape index (κ3) is 1.94. The second-order valence-electron chi connectivity index (χ2n) is 2.99. The van der Waals surface area contributed by atoms with E-state index in [2.05, 4.69) is 17.6 Å². The van der Waals surface area contributed by atoms with Crippen LogP contribution in [0.1, 0.15) is 5.89 Å². The molecule has 0 saturated heterocycles. The number of hydrogen-bond acceptors (Lipinski definition) is 5. The lowest BCUT2D eigenvalue weighted by atomic mass is 10.3. The van der Waals surface area contributed by atoms with Crippen LogP contribution < -0.4 is 0 Å². The Morgan fingerprint density at radius 2 is 2.33 bits per heavy atom. The number of rotatable bonds is 3. The molecule has 5 nitrogen and oxygen atoms in total. The summed E-state index contributed by atoms with van der Waals surface area (Å²) >= 11 is 4.06. The zero-order valence-corrected chi connectivity index (χ0v) is 8.61. The average Bonchev–Trinajstić information content (AvgIpc) is 2.59. The van der Waals surface area contributed by atoms with Gasteiger partial charge in [-0.05, 0) is 11.8 Å². The van der Waals surface area contributed by atoms with Gasteiger partial charge in [-0.2, -0.15) is 12.6 Å². The van der Waals surface area contributed by atoms with Crippen molar-refractivity contribution in [3.8, 4) is 0 Å². The Labute approximate surface area is 90.7 Å². The maximum absolute atomic E-state index is 10.5. The number of hydrogen-bond donors (Lipinski definition) is 1. The van der Waals surface area contributed by atoms with Crippen molar-refractivity contribution in [1.29, 1.82) is 0 Å². The normalized spacial score (nSPS) is 10.7. The second kappa shape index (κ2) is 3.90. The Kier molecular flexibility index (Phi) is 2.59. The van der Waals surface area contributed by atoms with Crippen LogP contribution in [0.4, 0.5) is 5.69 Å². The van der Waals surface area contributed by atoms with Crippen LogP contribution in [0.25, 0.3) is 11.1 Å². The van der Waals surface area contributed by atoms with Crippen molar-refractivity contribution >= 4 is 29.4 Å². The van der Waals surface area contributed by atoms with Crippen LogP contribution in [-0.4, -0.2) is 15.7 Å². The van der Waals surface area contributed by atoms with Crippen LogP contribution in [-0.2, 0) is 6.42 Å². The quantitative estimate of drug-likeness (QED) is 0.493. The number of aryl methyl sites for hydroxylation is 1. The van der Waals surface area contributed by atoms with Gasteiger partial charge in [0.05, 0.1) is 11.0 Å². The maximum atomic E-state index is 10.5. The summed E-state index contributed by atoms with van der Waals surface area (Å²) in [4.78, 5) is 14.2. The molecular weight excluding hydrogens is 216 g/mol. The number of non-ortho nitro benzene ring substituents is 1. The van der Waals surface area contributed by atoms with E-state index >= 15 is 0 Å². The summed E-state index contributed by atoms with van der Waals surface area (Å²) in [6.07, 6.45) is 0.617. The van der Waals surface area contributed by atoms with E-state index in [9.17, 15) is 10.1 Å². The molecule has 0 radical (unpaired) electrons. The van der Waals surface area contributed by atoms with Gasteiger partial charge in [0.1, 0.15) is 5.52 Å². The Balaban J connectivity index is 2.47. The Morgan fingerprint density at radius 1 is 1.53 bits per heavy atom. The second-order valence-corrected chi connectivity index (χ2v) is 3.44. The number of thiol groups is 1. The van der Waals surface area contributed by atoms with Crippen LogP contribution in [0, 0.1) is 10.1 Å². The molecule has 1 heterocycles. The van der Waals surface area contributed by atoms with E-state index < -0.39 is 4.92 Å². The molecular formula is C9H8N2O3S. The molecule has 0 atom stereocenters. The zero-order chi connectivity index (χ0) is 10.8. The largest absolute Gasteiger partial charge is 0.440 e. The van der Waals surface area contributed by atoms with E-state index in [1.165, 1.54) is 12.1 Å². The highest BCUT2D eigenvalue weighted by Gasteiger charge is 2.10. The third-order valence-corrected chi connectivity index (χ3v) is 2.18. The van der Waals surface area contributed by atoms with Gasteiger partial charge in [0.25, 0.3) is 5.69 Å². The molecule has 1 aromatic heterocycles. The van der Waals surface area contributed by atoms with Gasteiger partial charge in [-0.3, -0.25) is 10.1 Å². The summed E-state index contributed by atoms with van der Waals surface area (Å²) in [5.74, 6) is 1.19. The molecule has 6 heteroatoms. The molecule has 0 bridgehead atoms. The minimum atomic E-state index is -0.458. The van der Waals surface area contributed by atoms with Crippen molar-refractivity contribution in [3.05, 3.63) is 34.2 Å². The van der Waals surface area contributed by atoms with E-state index in [1.807, 2.05) is 0 Å². The lowest BCUT2D eigenvalue weighted by molar-refractivity contribution is -0.384. The first kappa shape index (κ1) is 9.97. The minimum absolute atomic E-state index is 0.0103. The number of nitro benzene ring substituents is 1. The number of nitro groups is 1. The topological polar surface area (TPSA) is 69.2 Å². The first-order valence-electron chi connectivity index (χ1n) is 4.35. The van der Waals surface area contributed by atoms with Crippen LogP contribution in [0.3, 0.4) is 0 Å². The number of fused-ring (bicyclic) bond motifs is 1. The van der Waals surface area contributed by atoms with E-state index in [1.54, 1.807) is 6.07 Å². The van der Waals surface area contributed by atoms with E-state index in [0.717, 1.165) is 0 Å². The van der Waals surface area contributed by atoms with Gasteiger partial charge in [-0.15, -0.1) is 0 Å². The van der Waals surface area contributed by atoms with Crippen molar-refractivity contribution in [2.75, 3.05) is 5.75 Å². The van der Waals surface area contributed by atoms with Crippen LogP contribution in [0.5, 0.6) is 0 Å². The predicted molar refractivity (Wildman–Crippen MR) is 58.2 cm³/mol. The first-order valence-corrected chi connectivity index (χ1v) is 4.98. The number of nitrogens with zero attached hydrogens (tertiary/aromatic N) is 2. The smallest absolute Gasteiger partial charge is 0.273 e. The van der Waals surface area contributed by atoms with Gasteiger partial charge >= 0.3 is 0 Å². The van der Waals surface area contributed by atoms with E-state index in [4.69, 9.17) is 4.42 Å². The molecule has 0 fully saturated rings. The van der Waals surface area contributed by atoms with Crippen molar-refractivity contribution in [2.45, 2.75) is 6.42 Å². The Morgan fingerprint density at radius 3 is 3.00 bits per heavy atom. The summed E-state index contributed by atoms with van der Waals surface area (Å²) in [5.41, 5.74) is 1.09. The fraction of sp³-hybridized carbons (Fsp3) is 0.222. The highest BCUT2D eigenvalue weighted by molar-refractivity contribution is 7.80.